The van der Waals surface area contributed by atoms with Crippen molar-refractivity contribution in [3.63, 3.8) is 0 Å². The van der Waals surface area contributed by atoms with Crippen LogP contribution >= 0.6 is 0 Å². The van der Waals surface area contributed by atoms with Crippen LogP contribution in [0.5, 0.6) is 0 Å². The van der Waals surface area contributed by atoms with Gasteiger partial charge in [-0.15, -0.1) is 0 Å². The minimum atomic E-state index is -0.106. The summed E-state index contributed by atoms with van der Waals surface area (Å²) in [7, 11) is 0. The monoisotopic (exact) mass is 443 g/mol. The summed E-state index contributed by atoms with van der Waals surface area (Å²) in [5.41, 5.74) is 8.94. The largest absolute Gasteiger partial charge is 0.412 e. The number of hydrogen-bond acceptors (Lipinski definition) is 8. The van der Waals surface area contributed by atoms with Gasteiger partial charge in [0.05, 0.1) is 12.2 Å². The molecule has 182 valence electrons. The van der Waals surface area contributed by atoms with E-state index < -0.39 is 0 Å². The van der Waals surface area contributed by atoms with Crippen molar-refractivity contribution >= 4 is 5.84 Å². The second-order valence-electron chi connectivity index (χ2n) is 8.98. The predicted octanol–water partition coefficient (Wildman–Crippen LogP) is 2.00. The van der Waals surface area contributed by atoms with Gasteiger partial charge >= 0.3 is 0 Å². The third kappa shape index (κ3) is 8.92. The van der Waals surface area contributed by atoms with Crippen molar-refractivity contribution in [2.45, 2.75) is 108 Å². The summed E-state index contributed by atoms with van der Waals surface area (Å²) in [4.78, 5) is 4.60. The zero-order chi connectivity index (χ0) is 21.0. The molecule has 3 atom stereocenters. The molecular formula is C22H45N5O4. The molecule has 1 saturated heterocycles. The van der Waals surface area contributed by atoms with Crippen LogP contribution in [0.4, 0.5) is 0 Å². The standard InChI is InChI=1S/C22H43N5O3.H2O/c1-2-21-24-16-29-22(23-14-6-4-3-5-7-15-25-26-21)20-13-12-19(30-20)17-8-10-18(27-28)11-9-17;/h17-20,22-23,25,27-28H,2-16H2,1H3,(H,24,26);1H2. The normalized spacial score (nSPS) is 34.5. The zero-order valence-corrected chi connectivity index (χ0v) is 19.2. The van der Waals surface area contributed by atoms with Crippen LogP contribution in [0.15, 0.2) is 4.99 Å². The molecule has 7 N–H and O–H groups in total. The molecule has 0 spiro atoms. The van der Waals surface area contributed by atoms with E-state index in [1.54, 1.807) is 0 Å². The van der Waals surface area contributed by atoms with E-state index in [0.717, 1.165) is 63.9 Å². The summed E-state index contributed by atoms with van der Waals surface area (Å²) in [6.07, 6.45) is 13.7. The molecule has 3 aliphatic rings. The van der Waals surface area contributed by atoms with Gasteiger partial charge < -0.3 is 25.6 Å². The minimum absolute atomic E-state index is 0. The van der Waals surface area contributed by atoms with Crippen molar-refractivity contribution < 1.29 is 20.2 Å². The topological polar surface area (TPSA) is 131 Å². The Kier molecular flexibility index (Phi) is 12.9. The van der Waals surface area contributed by atoms with E-state index in [1.807, 2.05) is 0 Å². The minimum Gasteiger partial charge on any atom is -0.412 e. The highest BCUT2D eigenvalue weighted by Gasteiger charge is 2.37. The molecule has 3 rings (SSSR count). The van der Waals surface area contributed by atoms with Gasteiger partial charge in [0.2, 0.25) is 0 Å². The van der Waals surface area contributed by atoms with E-state index in [1.165, 1.54) is 32.1 Å². The molecule has 31 heavy (non-hydrogen) atoms. The Morgan fingerprint density at radius 1 is 0.968 bits per heavy atom. The first-order valence-corrected chi connectivity index (χ1v) is 12.2. The van der Waals surface area contributed by atoms with Crippen LogP contribution in [0.3, 0.4) is 0 Å². The lowest BCUT2D eigenvalue weighted by molar-refractivity contribution is -0.0958. The average Bonchev–Trinajstić information content (AvgIpc) is 3.27. The van der Waals surface area contributed by atoms with Gasteiger partial charge in [-0.25, -0.2) is 15.9 Å². The molecule has 9 heteroatoms. The molecule has 0 aromatic carbocycles. The Morgan fingerprint density at radius 3 is 2.42 bits per heavy atom. The molecular weight excluding hydrogens is 398 g/mol. The number of hydrazine groups is 1. The van der Waals surface area contributed by atoms with Crippen molar-refractivity contribution in [2.24, 2.45) is 10.9 Å². The van der Waals surface area contributed by atoms with Crippen LogP contribution in [-0.2, 0) is 9.47 Å². The molecule has 3 unspecified atom stereocenters. The summed E-state index contributed by atoms with van der Waals surface area (Å²) in [6.45, 7) is 4.37. The third-order valence-corrected chi connectivity index (χ3v) is 6.80. The van der Waals surface area contributed by atoms with E-state index in [0.29, 0.717) is 18.8 Å². The van der Waals surface area contributed by atoms with E-state index in [9.17, 15) is 0 Å². The van der Waals surface area contributed by atoms with Gasteiger partial charge in [-0.2, -0.15) is 0 Å². The summed E-state index contributed by atoms with van der Waals surface area (Å²) < 4.78 is 12.7. The number of nitrogens with one attached hydrogen (secondary N) is 4. The first-order valence-electron chi connectivity index (χ1n) is 12.2. The average molecular weight is 444 g/mol. The maximum atomic E-state index is 9.15. The van der Waals surface area contributed by atoms with Crippen molar-refractivity contribution in [1.29, 1.82) is 0 Å². The summed E-state index contributed by atoms with van der Waals surface area (Å²) in [5, 5.41) is 12.8. The van der Waals surface area contributed by atoms with Gasteiger partial charge in [0.15, 0.2) is 0 Å². The number of amidine groups is 1. The van der Waals surface area contributed by atoms with Gasteiger partial charge in [0.1, 0.15) is 18.8 Å². The lowest BCUT2D eigenvalue weighted by Gasteiger charge is -2.32. The Labute approximate surface area is 187 Å². The maximum absolute atomic E-state index is 9.15. The van der Waals surface area contributed by atoms with E-state index in [-0.39, 0.29) is 23.8 Å². The lowest BCUT2D eigenvalue weighted by atomic mass is 9.82. The molecule has 0 amide bonds. The third-order valence-electron chi connectivity index (χ3n) is 6.80. The highest BCUT2D eigenvalue weighted by Crippen LogP contribution is 2.35. The van der Waals surface area contributed by atoms with Crippen molar-refractivity contribution in [3.8, 4) is 0 Å². The molecule has 0 bridgehead atoms. The number of nitrogens with zero attached hydrogens (tertiary/aromatic N) is 1. The van der Waals surface area contributed by atoms with E-state index in [4.69, 9.17) is 14.7 Å². The van der Waals surface area contributed by atoms with Crippen molar-refractivity contribution in [3.05, 3.63) is 0 Å². The summed E-state index contributed by atoms with van der Waals surface area (Å²) in [5.74, 6) is 1.53. The molecule has 9 nitrogen and oxygen atoms in total. The quantitative estimate of drug-likeness (QED) is 0.420. The first-order chi connectivity index (χ1) is 14.8. The second-order valence-corrected chi connectivity index (χ2v) is 8.98. The van der Waals surface area contributed by atoms with Gasteiger partial charge in [-0.05, 0) is 63.8 Å². The van der Waals surface area contributed by atoms with Crippen molar-refractivity contribution in [1.82, 2.24) is 21.6 Å². The Morgan fingerprint density at radius 2 is 1.68 bits per heavy atom. The Balaban J connectivity index is 0.00000341. The molecule has 2 heterocycles. The fourth-order valence-corrected chi connectivity index (χ4v) is 4.89. The highest BCUT2D eigenvalue weighted by molar-refractivity contribution is 5.81. The number of hydrogen-bond donors (Lipinski definition) is 5. The van der Waals surface area contributed by atoms with Crippen molar-refractivity contribution in [2.75, 3.05) is 19.8 Å². The predicted molar refractivity (Wildman–Crippen MR) is 122 cm³/mol. The summed E-state index contributed by atoms with van der Waals surface area (Å²) in [6, 6.07) is 0.251. The molecule has 2 aliphatic heterocycles. The Hall–Kier alpha value is -0.810. The SMILES string of the molecule is CCC1=NCOC(C2CCC(C3CCC(NO)CC3)O2)NCCCCCCCNN1.O. The number of hydroxylamine groups is 1. The molecule has 0 radical (unpaired) electrons. The van der Waals surface area contributed by atoms with Crippen LogP contribution < -0.4 is 21.6 Å². The Bertz CT molecular complexity index is 502. The van der Waals surface area contributed by atoms with Crippen LogP contribution in [0.1, 0.15) is 84.0 Å². The van der Waals surface area contributed by atoms with Crippen LogP contribution in [0, 0.1) is 5.92 Å². The smallest absolute Gasteiger partial charge is 0.141 e. The number of rotatable bonds is 4. The molecule has 0 aromatic rings. The van der Waals surface area contributed by atoms with Gasteiger partial charge in [0.25, 0.3) is 0 Å². The van der Waals surface area contributed by atoms with Gasteiger partial charge in [-0.3, -0.25) is 5.32 Å². The number of aliphatic imine (C=N–C) groups is 1. The zero-order valence-electron chi connectivity index (χ0n) is 19.2. The van der Waals surface area contributed by atoms with Gasteiger partial charge in [-0.1, -0.05) is 26.2 Å². The summed E-state index contributed by atoms with van der Waals surface area (Å²) >= 11 is 0. The molecule has 0 aromatic heterocycles. The van der Waals surface area contributed by atoms with Crippen LogP contribution in [0.2, 0.25) is 0 Å². The maximum Gasteiger partial charge on any atom is 0.141 e. The fraction of sp³-hybridized carbons (Fsp3) is 0.955. The number of ether oxygens (including phenoxy) is 2. The fourth-order valence-electron chi connectivity index (χ4n) is 4.89. The van der Waals surface area contributed by atoms with Crippen LogP contribution in [0.25, 0.3) is 0 Å². The van der Waals surface area contributed by atoms with Gasteiger partial charge in [0, 0.05) is 19.0 Å². The second kappa shape index (κ2) is 15.1. The molecule has 1 saturated carbocycles. The molecule has 1 aliphatic carbocycles. The molecule has 2 fully saturated rings. The van der Waals surface area contributed by atoms with E-state index in [2.05, 4.69) is 33.6 Å². The van der Waals surface area contributed by atoms with Crippen LogP contribution in [-0.4, -0.2) is 60.8 Å². The highest BCUT2D eigenvalue weighted by atomic mass is 16.6. The first kappa shape index (κ1) is 26.4. The van der Waals surface area contributed by atoms with E-state index >= 15 is 0 Å². The lowest BCUT2D eigenvalue weighted by Crippen LogP contribution is -2.43.